The van der Waals surface area contributed by atoms with Gasteiger partial charge >= 0.3 is 0 Å². The number of aromatic nitrogens is 2. The molecule has 1 aliphatic rings. The molecule has 2 aromatic rings. The number of aliphatic hydroxyl groups excluding tert-OH is 1. The first kappa shape index (κ1) is 14.2. The summed E-state index contributed by atoms with van der Waals surface area (Å²) in [4.78, 5) is 2.24. The molecule has 0 spiro atoms. The topological polar surface area (TPSA) is 52.1 Å². The van der Waals surface area contributed by atoms with Gasteiger partial charge in [0.05, 0.1) is 12.3 Å². The number of rotatable bonds is 4. The molecule has 0 radical (unpaired) electrons. The smallest absolute Gasteiger partial charge is 0.123 e. The molecule has 1 unspecified atom stereocenters. The third-order valence-corrected chi connectivity index (χ3v) is 4.24. The Morgan fingerprint density at radius 1 is 1.38 bits per heavy atom. The quantitative estimate of drug-likeness (QED) is 0.909. The van der Waals surface area contributed by atoms with Crippen molar-refractivity contribution in [1.29, 1.82) is 0 Å². The summed E-state index contributed by atoms with van der Waals surface area (Å²) in [5, 5.41) is 17.1. The first-order chi connectivity index (χ1) is 10.2. The number of piperidine rings is 1. The van der Waals surface area contributed by atoms with E-state index in [0.29, 0.717) is 18.0 Å². The van der Waals surface area contributed by atoms with Gasteiger partial charge in [0.15, 0.2) is 0 Å². The van der Waals surface area contributed by atoms with Crippen LogP contribution in [0, 0.1) is 5.82 Å². The van der Waals surface area contributed by atoms with Gasteiger partial charge < -0.3 is 10.0 Å². The van der Waals surface area contributed by atoms with Gasteiger partial charge in [-0.25, -0.2) is 4.39 Å². The standard InChI is InChI=1S/C16H20FN3O/c17-15-3-1-2-13(8-15)16(21)11-20-6-4-12(5-7-20)14-9-18-19-10-14/h1-3,8-10,12,16,21H,4-7,11H2,(H,18,19). The minimum Gasteiger partial charge on any atom is -0.387 e. The summed E-state index contributed by atoms with van der Waals surface area (Å²) in [5.41, 5.74) is 1.91. The van der Waals surface area contributed by atoms with Gasteiger partial charge in [-0.2, -0.15) is 5.10 Å². The predicted molar refractivity (Wildman–Crippen MR) is 78.4 cm³/mol. The zero-order valence-electron chi connectivity index (χ0n) is 11.9. The zero-order chi connectivity index (χ0) is 14.7. The van der Waals surface area contributed by atoms with Crippen molar-refractivity contribution in [3.8, 4) is 0 Å². The Kier molecular flexibility index (Phi) is 4.31. The summed E-state index contributed by atoms with van der Waals surface area (Å²) in [6.07, 6.45) is 5.35. The first-order valence-corrected chi connectivity index (χ1v) is 7.37. The van der Waals surface area contributed by atoms with Crippen molar-refractivity contribution < 1.29 is 9.50 Å². The molecule has 0 aliphatic carbocycles. The van der Waals surface area contributed by atoms with Gasteiger partial charge in [0, 0.05) is 12.7 Å². The van der Waals surface area contributed by atoms with Crippen LogP contribution in [0.3, 0.4) is 0 Å². The van der Waals surface area contributed by atoms with Gasteiger partial charge in [-0.1, -0.05) is 12.1 Å². The minimum atomic E-state index is -0.633. The minimum absolute atomic E-state index is 0.301. The summed E-state index contributed by atoms with van der Waals surface area (Å²) in [6.45, 7) is 2.45. The lowest BCUT2D eigenvalue weighted by Crippen LogP contribution is -2.36. The fourth-order valence-corrected chi connectivity index (χ4v) is 3.00. The number of hydrogen-bond acceptors (Lipinski definition) is 3. The van der Waals surface area contributed by atoms with E-state index >= 15 is 0 Å². The molecule has 1 saturated heterocycles. The number of nitrogens with zero attached hydrogens (tertiary/aromatic N) is 2. The van der Waals surface area contributed by atoms with Crippen LogP contribution in [0.1, 0.15) is 36.0 Å². The maximum absolute atomic E-state index is 13.2. The Bertz CT molecular complexity index is 565. The number of aliphatic hydroxyl groups is 1. The van der Waals surface area contributed by atoms with E-state index in [4.69, 9.17) is 0 Å². The number of aromatic amines is 1. The third kappa shape index (κ3) is 3.49. The monoisotopic (exact) mass is 289 g/mol. The fraction of sp³-hybridized carbons (Fsp3) is 0.438. The third-order valence-electron chi connectivity index (χ3n) is 4.24. The highest BCUT2D eigenvalue weighted by Gasteiger charge is 2.23. The molecule has 3 rings (SSSR count). The van der Waals surface area contributed by atoms with Crippen LogP contribution in [0.5, 0.6) is 0 Å². The molecule has 0 saturated carbocycles. The summed E-state index contributed by atoms with van der Waals surface area (Å²) < 4.78 is 13.2. The zero-order valence-corrected chi connectivity index (χ0v) is 11.9. The van der Waals surface area contributed by atoms with Gasteiger partial charge in [0.25, 0.3) is 0 Å². The van der Waals surface area contributed by atoms with Gasteiger partial charge in [0.1, 0.15) is 5.82 Å². The van der Waals surface area contributed by atoms with Crippen LogP contribution in [0.15, 0.2) is 36.7 Å². The second-order valence-electron chi connectivity index (χ2n) is 5.68. The molecule has 2 heterocycles. The molecule has 5 heteroatoms. The van der Waals surface area contributed by atoms with E-state index in [0.717, 1.165) is 25.9 Å². The highest BCUT2D eigenvalue weighted by molar-refractivity contribution is 5.19. The number of halogens is 1. The molecule has 2 N–H and O–H groups in total. The van der Waals surface area contributed by atoms with Crippen molar-refractivity contribution in [3.05, 3.63) is 53.6 Å². The Morgan fingerprint density at radius 2 is 2.19 bits per heavy atom. The number of likely N-dealkylation sites (tertiary alicyclic amines) is 1. The molecule has 4 nitrogen and oxygen atoms in total. The summed E-state index contributed by atoms with van der Waals surface area (Å²) >= 11 is 0. The number of β-amino-alcohol motifs (C(OH)–C–C–N with tert-alkyl or cyclic N) is 1. The molecule has 112 valence electrons. The number of hydrogen-bond donors (Lipinski definition) is 2. The van der Waals surface area contributed by atoms with Crippen molar-refractivity contribution in [2.45, 2.75) is 24.9 Å². The fourth-order valence-electron chi connectivity index (χ4n) is 3.00. The largest absolute Gasteiger partial charge is 0.387 e. The number of H-pyrrole nitrogens is 1. The maximum Gasteiger partial charge on any atom is 0.123 e. The average Bonchev–Trinajstić information content (AvgIpc) is 3.02. The lowest BCUT2D eigenvalue weighted by Gasteiger charge is -2.32. The molecule has 1 aromatic carbocycles. The van der Waals surface area contributed by atoms with Gasteiger partial charge in [-0.15, -0.1) is 0 Å². The van der Waals surface area contributed by atoms with E-state index in [1.165, 1.54) is 17.7 Å². The lowest BCUT2D eigenvalue weighted by molar-refractivity contribution is 0.0970. The van der Waals surface area contributed by atoms with E-state index in [1.54, 1.807) is 12.1 Å². The van der Waals surface area contributed by atoms with Crippen molar-refractivity contribution in [1.82, 2.24) is 15.1 Å². The van der Waals surface area contributed by atoms with Gasteiger partial charge in [0.2, 0.25) is 0 Å². The molecule has 0 amide bonds. The van der Waals surface area contributed by atoms with Crippen molar-refractivity contribution in [2.75, 3.05) is 19.6 Å². The Hall–Kier alpha value is -1.72. The maximum atomic E-state index is 13.2. The van der Waals surface area contributed by atoms with Crippen LogP contribution >= 0.6 is 0 Å². The second kappa shape index (κ2) is 6.37. The number of benzene rings is 1. The molecule has 1 atom stereocenters. The molecular formula is C16H20FN3O. The van der Waals surface area contributed by atoms with E-state index in [9.17, 15) is 9.50 Å². The number of nitrogens with one attached hydrogen (secondary N) is 1. The van der Waals surface area contributed by atoms with Crippen LogP contribution in [0.25, 0.3) is 0 Å². The Labute approximate surface area is 123 Å². The molecular weight excluding hydrogens is 269 g/mol. The van der Waals surface area contributed by atoms with E-state index in [-0.39, 0.29) is 5.82 Å². The molecule has 1 aliphatic heterocycles. The van der Waals surface area contributed by atoms with Crippen LogP contribution in [-0.4, -0.2) is 39.8 Å². The van der Waals surface area contributed by atoms with Crippen LogP contribution in [-0.2, 0) is 0 Å². The SMILES string of the molecule is OC(CN1CCC(c2cn[nH]c2)CC1)c1cccc(F)c1. The van der Waals surface area contributed by atoms with E-state index in [1.807, 2.05) is 12.4 Å². The van der Waals surface area contributed by atoms with Crippen molar-refractivity contribution in [2.24, 2.45) is 0 Å². The Balaban J connectivity index is 1.53. The average molecular weight is 289 g/mol. The molecule has 1 fully saturated rings. The second-order valence-corrected chi connectivity index (χ2v) is 5.68. The predicted octanol–water partition coefficient (Wildman–Crippen LogP) is 2.46. The summed E-state index contributed by atoms with van der Waals surface area (Å²) in [5.74, 6) is 0.247. The van der Waals surface area contributed by atoms with Crippen molar-refractivity contribution in [3.63, 3.8) is 0 Å². The highest BCUT2D eigenvalue weighted by atomic mass is 19.1. The van der Waals surface area contributed by atoms with E-state index in [2.05, 4.69) is 15.1 Å². The Morgan fingerprint density at radius 3 is 2.86 bits per heavy atom. The van der Waals surface area contributed by atoms with Crippen LogP contribution in [0.4, 0.5) is 4.39 Å². The molecule has 21 heavy (non-hydrogen) atoms. The summed E-state index contributed by atoms with van der Waals surface area (Å²) in [6, 6.07) is 6.21. The van der Waals surface area contributed by atoms with Crippen molar-refractivity contribution >= 4 is 0 Å². The van der Waals surface area contributed by atoms with E-state index < -0.39 is 6.10 Å². The molecule has 1 aromatic heterocycles. The highest BCUT2D eigenvalue weighted by Crippen LogP contribution is 2.28. The van der Waals surface area contributed by atoms with Crippen LogP contribution in [0.2, 0.25) is 0 Å². The molecule has 0 bridgehead atoms. The first-order valence-electron chi connectivity index (χ1n) is 7.37. The van der Waals surface area contributed by atoms with Crippen LogP contribution < -0.4 is 0 Å². The van der Waals surface area contributed by atoms with Gasteiger partial charge in [-0.05, 0) is 55.1 Å². The normalized spacial score (nSPS) is 18.8. The summed E-state index contributed by atoms with van der Waals surface area (Å²) in [7, 11) is 0. The lowest BCUT2D eigenvalue weighted by atomic mass is 9.91. The van der Waals surface area contributed by atoms with Gasteiger partial charge in [-0.3, -0.25) is 5.10 Å².